The first-order valence-electron chi connectivity index (χ1n) is 6.46. The molecule has 86 valence electrons. The van der Waals surface area contributed by atoms with E-state index >= 15 is 0 Å². The molecule has 1 aliphatic heterocycles. The van der Waals surface area contributed by atoms with E-state index in [2.05, 4.69) is 28.4 Å². The number of hydrogen-bond acceptors (Lipinski definition) is 2. The summed E-state index contributed by atoms with van der Waals surface area (Å²) in [6.07, 6.45) is 3.95. The number of aryl methyl sites for hydroxylation is 1. The van der Waals surface area contributed by atoms with Crippen LogP contribution in [0.2, 0.25) is 0 Å². The summed E-state index contributed by atoms with van der Waals surface area (Å²) in [6, 6.07) is 6.87. The largest absolute Gasteiger partial charge is 0.314 e. The van der Waals surface area contributed by atoms with Crippen LogP contribution in [0.25, 0.3) is 0 Å². The van der Waals surface area contributed by atoms with Gasteiger partial charge in [-0.3, -0.25) is 4.90 Å². The predicted molar refractivity (Wildman–Crippen MR) is 66.6 cm³/mol. The van der Waals surface area contributed by atoms with E-state index in [1.807, 2.05) is 0 Å². The van der Waals surface area contributed by atoms with Crippen LogP contribution in [0.15, 0.2) is 18.2 Å². The first-order valence-corrected chi connectivity index (χ1v) is 6.46. The Kier molecular flexibility index (Phi) is 2.94. The van der Waals surface area contributed by atoms with Gasteiger partial charge in [0, 0.05) is 32.7 Å². The highest BCUT2D eigenvalue weighted by Crippen LogP contribution is 2.26. The lowest BCUT2D eigenvalue weighted by atomic mass is 10.0. The van der Waals surface area contributed by atoms with Crippen molar-refractivity contribution in [1.29, 1.82) is 0 Å². The van der Waals surface area contributed by atoms with Crippen molar-refractivity contribution >= 4 is 0 Å². The summed E-state index contributed by atoms with van der Waals surface area (Å²) in [5.74, 6) is 0. The lowest BCUT2D eigenvalue weighted by Crippen LogP contribution is -2.43. The number of benzene rings is 1. The SMILES string of the molecule is c1cc2c(c(CN3CCNCC3)c1)CCC2. The Morgan fingerprint density at radius 1 is 1.12 bits per heavy atom. The van der Waals surface area contributed by atoms with Crippen LogP contribution in [-0.4, -0.2) is 31.1 Å². The molecule has 16 heavy (non-hydrogen) atoms. The molecule has 1 aromatic rings. The summed E-state index contributed by atoms with van der Waals surface area (Å²) < 4.78 is 0. The van der Waals surface area contributed by atoms with Gasteiger partial charge in [0.1, 0.15) is 0 Å². The Hall–Kier alpha value is -0.860. The van der Waals surface area contributed by atoms with Gasteiger partial charge in [-0.2, -0.15) is 0 Å². The fourth-order valence-electron chi connectivity index (χ4n) is 2.96. The van der Waals surface area contributed by atoms with Crippen molar-refractivity contribution in [3.8, 4) is 0 Å². The second-order valence-corrected chi connectivity index (χ2v) is 4.93. The molecule has 2 nitrogen and oxygen atoms in total. The van der Waals surface area contributed by atoms with Crippen molar-refractivity contribution in [3.63, 3.8) is 0 Å². The summed E-state index contributed by atoms with van der Waals surface area (Å²) in [6.45, 7) is 5.85. The quantitative estimate of drug-likeness (QED) is 0.807. The fraction of sp³-hybridized carbons (Fsp3) is 0.571. The minimum absolute atomic E-state index is 1.15. The van der Waals surface area contributed by atoms with Crippen molar-refractivity contribution in [2.45, 2.75) is 25.8 Å². The molecule has 2 aliphatic rings. The Balaban J connectivity index is 1.76. The van der Waals surface area contributed by atoms with Crippen LogP contribution < -0.4 is 5.32 Å². The van der Waals surface area contributed by atoms with Gasteiger partial charge in [0.15, 0.2) is 0 Å². The third-order valence-corrected chi connectivity index (χ3v) is 3.85. The molecule has 0 aromatic heterocycles. The summed E-state index contributed by atoms with van der Waals surface area (Å²) in [5, 5.41) is 3.41. The summed E-state index contributed by atoms with van der Waals surface area (Å²) >= 11 is 0. The lowest BCUT2D eigenvalue weighted by molar-refractivity contribution is 0.232. The molecule has 1 aliphatic carbocycles. The van der Waals surface area contributed by atoms with Crippen LogP contribution in [-0.2, 0) is 19.4 Å². The zero-order valence-electron chi connectivity index (χ0n) is 9.84. The van der Waals surface area contributed by atoms with E-state index in [1.54, 1.807) is 16.7 Å². The van der Waals surface area contributed by atoms with Gasteiger partial charge in [0.25, 0.3) is 0 Å². The highest BCUT2D eigenvalue weighted by molar-refractivity contribution is 5.38. The van der Waals surface area contributed by atoms with Gasteiger partial charge in [-0.15, -0.1) is 0 Å². The van der Waals surface area contributed by atoms with Crippen molar-refractivity contribution in [2.75, 3.05) is 26.2 Å². The first-order chi connectivity index (χ1) is 7.93. The van der Waals surface area contributed by atoms with Crippen LogP contribution in [0.3, 0.4) is 0 Å². The Labute approximate surface area is 97.6 Å². The van der Waals surface area contributed by atoms with Crippen molar-refractivity contribution in [2.24, 2.45) is 0 Å². The van der Waals surface area contributed by atoms with Crippen molar-refractivity contribution in [3.05, 3.63) is 34.9 Å². The average molecular weight is 216 g/mol. The number of nitrogens with zero attached hydrogens (tertiary/aromatic N) is 1. The predicted octanol–water partition coefficient (Wildman–Crippen LogP) is 1.58. The Morgan fingerprint density at radius 2 is 2.00 bits per heavy atom. The maximum atomic E-state index is 3.41. The fourth-order valence-corrected chi connectivity index (χ4v) is 2.96. The molecule has 3 rings (SSSR count). The van der Waals surface area contributed by atoms with E-state index in [-0.39, 0.29) is 0 Å². The third-order valence-electron chi connectivity index (χ3n) is 3.85. The smallest absolute Gasteiger partial charge is 0.0237 e. The minimum Gasteiger partial charge on any atom is -0.314 e. The monoisotopic (exact) mass is 216 g/mol. The number of hydrogen-bond donors (Lipinski definition) is 1. The van der Waals surface area contributed by atoms with Crippen LogP contribution in [0.1, 0.15) is 23.1 Å². The van der Waals surface area contributed by atoms with E-state index in [0.717, 1.165) is 19.6 Å². The molecule has 0 saturated carbocycles. The second kappa shape index (κ2) is 4.56. The van der Waals surface area contributed by atoms with Crippen LogP contribution in [0.5, 0.6) is 0 Å². The highest BCUT2D eigenvalue weighted by atomic mass is 15.2. The van der Waals surface area contributed by atoms with E-state index in [1.165, 1.54) is 32.4 Å². The first kappa shape index (κ1) is 10.3. The zero-order chi connectivity index (χ0) is 10.8. The van der Waals surface area contributed by atoms with Gasteiger partial charge in [-0.05, 0) is 36.0 Å². The van der Waals surface area contributed by atoms with E-state index in [9.17, 15) is 0 Å². The summed E-state index contributed by atoms with van der Waals surface area (Å²) in [7, 11) is 0. The standard InChI is InChI=1S/C14H20N2/c1-3-12-4-2-6-14(12)13(5-1)11-16-9-7-15-8-10-16/h1,3,5,15H,2,4,6-11H2. The molecular weight excluding hydrogens is 196 g/mol. The van der Waals surface area contributed by atoms with Crippen LogP contribution in [0.4, 0.5) is 0 Å². The van der Waals surface area contributed by atoms with Gasteiger partial charge in [-0.25, -0.2) is 0 Å². The molecule has 0 unspecified atom stereocenters. The summed E-state index contributed by atoms with van der Waals surface area (Å²) in [5.41, 5.74) is 4.84. The van der Waals surface area contributed by atoms with Crippen LogP contribution in [0, 0.1) is 0 Å². The molecule has 1 heterocycles. The topological polar surface area (TPSA) is 15.3 Å². The molecular formula is C14H20N2. The number of nitrogens with one attached hydrogen (secondary N) is 1. The lowest BCUT2D eigenvalue weighted by Gasteiger charge is -2.28. The molecule has 0 spiro atoms. The molecule has 2 heteroatoms. The van der Waals surface area contributed by atoms with Crippen molar-refractivity contribution in [1.82, 2.24) is 10.2 Å². The van der Waals surface area contributed by atoms with Gasteiger partial charge < -0.3 is 5.32 Å². The van der Waals surface area contributed by atoms with Crippen LogP contribution >= 0.6 is 0 Å². The molecule has 0 amide bonds. The van der Waals surface area contributed by atoms with E-state index < -0.39 is 0 Å². The third kappa shape index (κ3) is 2.00. The molecule has 0 bridgehead atoms. The van der Waals surface area contributed by atoms with E-state index in [0.29, 0.717) is 0 Å². The van der Waals surface area contributed by atoms with Crippen molar-refractivity contribution < 1.29 is 0 Å². The Morgan fingerprint density at radius 3 is 2.88 bits per heavy atom. The molecule has 0 atom stereocenters. The zero-order valence-corrected chi connectivity index (χ0v) is 9.84. The minimum atomic E-state index is 1.15. The molecule has 1 aromatic carbocycles. The maximum absolute atomic E-state index is 3.41. The number of piperazine rings is 1. The summed E-state index contributed by atoms with van der Waals surface area (Å²) in [4.78, 5) is 2.57. The van der Waals surface area contributed by atoms with E-state index in [4.69, 9.17) is 0 Å². The van der Waals surface area contributed by atoms with Gasteiger partial charge in [0.05, 0.1) is 0 Å². The highest BCUT2D eigenvalue weighted by Gasteiger charge is 2.16. The normalized spacial score (nSPS) is 21.0. The second-order valence-electron chi connectivity index (χ2n) is 4.93. The number of fused-ring (bicyclic) bond motifs is 1. The van der Waals surface area contributed by atoms with Gasteiger partial charge in [-0.1, -0.05) is 18.2 Å². The molecule has 1 fully saturated rings. The maximum Gasteiger partial charge on any atom is 0.0237 e. The number of rotatable bonds is 2. The molecule has 1 N–H and O–H groups in total. The molecule has 1 saturated heterocycles. The van der Waals surface area contributed by atoms with Gasteiger partial charge in [0.2, 0.25) is 0 Å². The van der Waals surface area contributed by atoms with Gasteiger partial charge >= 0.3 is 0 Å². The average Bonchev–Trinajstić information content (AvgIpc) is 2.80. The Bertz CT molecular complexity index is 367. The molecule has 0 radical (unpaired) electrons.